The lowest BCUT2D eigenvalue weighted by molar-refractivity contribution is 0.0691. The number of aromatic carboxylic acids is 1. The quantitative estimate of drug-likeness (QED) is 0.779. The van der Waals surface area contributed by atoms with Crippen molar-refractivity contribution < 1.29 is 18.7 Å². The number of rotatable bonds is 2. The van der Waals surface area contributed by atoms with E-state index in [0.29, 0.717) is 6.07 Å². The Morgan fingerprint density at radius 2 is 2.14 bits per heavy atom. The highest BCUT2D eigenvalue weighted by atomic mass is 35.5. The maximum Gasteiger partial charge on any atom is 0.338 e. The van der Waals surface area contributed by atoms with Crippen LogP contribution in [-0.4, -0.2) is 11.1 Å². The molecule has 0 unspecified atom stereocenters. The van der Waals surface area contributed by atoms with Crippen LogP contribution in [0.4, 0.5) is 8.78 Å². The summed E-state index contributed by atoms with van der Waals surface area (Å²) in [5.74, 6) is -3.39. The predicted octanol–water partition coefficient (Wildman–Crippen LogP) is 2.88. The molecule has 0 fully saturated rings. The van der Waals surface area contributed by atoms with Gasteiger partial charge in [-0.05, 0) is 12.5 Å². The Morgan fingerprint density at radius 3 is 2.57 bits per heavy atom. The minimum absolute atomic E-state index is 0.107. The number of carboxylic acid groups (broad SMARTS) is 1. The Morgan fingerprint density at radius 1 is 1.57 bits per heavy atom. The molecule has 0 spiro atoms. The van der Waals surface area contributed by atoms with E-state index in [0.717, 1.165) is 0 Å². The van der Waals surface area contributed by atoms with Crippen LogP contribution in [0.5, 0.6) is 0 Å². The minimum atomic E-state index is -1.51. The zero-order valence-corrected chi connectivity index (χ0v) is 8.03. The highest BCUT2D eigenvalue weighted by Gasteiger charge is 2.19. The van der Waals surface area contributed by atoms with Crippen molar-refractivity contribution in [1.29, 1.82) is 0 Å². The third-order valence-corrected chi connectivity index (χ3v) is 2.24. The lowest BCUT2D eigenvalue weighted by atomic mass is 10.1. The van der Waals surface area contributed by atoms with E-state index in [1.165, 1.54) is 0 Å². The molecule has 1 N–H and O–H groups in total. The van der Waals surface area contributed by atoms with Gasteiger partial charge in [0.05, 0.1) is 10.6 Å². The molecule has 0 aliphatic carbocycles. The summed E-state index contributed by atoms with van der Waals surface area (Å²) in [6.45, 7) is 1.56. The zero-order chi connectivity index (χ0) is 10.9. The first-order valence-corrected chi connectivity index (χ1v) is 4.26. The topological polar surface area (TPSA) is 37.3 Å². The average molecular weight is 221 g/mol. The van der Waals surface area contributed by atoms with Crippen molar-refractivity contribution >= 4 is 17.6 Å². The van der Waals surface area contributed by atoms with Crippen LogP contribution in [0.25, 0.3) is 0 Å². The lowest BCUT2D eigenvalue weighted by Crippen LogP contribution is -2.05. The van der Waals surface area contributed by atoms with Gasteiger partial charge in [-0.15, -0.1) is 0 Å². The normalized spacial score (nSPS) is 10.3. The largest absolute Gasteiger partial charge is 0.478 e. The summed E-state index contributed by atoms with van der Waals surface area (Å²) in [4.78, 5) is 10.5. The molecule has 76 valence electrons. The molecule has 0 saturated carbocycles. The second kappa shape index (κ2) is 3.92. The average Bonchev–Trinajstić information content (AvgIpc) is 2.12. The van der Waals surface area contributed by atoms with E-state index >= 15 is 0 Å². The fourth-order valence-corrected chi connectivity index (χ4v) is 1.39. The van der Waals surface area contributed by atoms with Crippen molar-refractivity contribution in [2.45, 2.75) is 13.3 Å². The smallest absolute Gasteiger partial charge is 0.338 e. The van der Waals surface area contributed by atoms with Gasteiger partial charge >= 0.3 is 5.97 Å². The van der Waals surface area contributed by atoms with Gasteiger partial charge in [-0.2, -0.15) is 0 Å². The number of hydrogen-bond donors (Lipinski definition) is 1. The fraction of sp³-hybridized carbons (Fsp3) is 0.222. The highest BCUT2D eigenvalue weighted by Crippen LogP contribution is 2.26. The van der Waals surface area contributed by atoms with Crippen LogP contribution in [-0.2, 0) is 6.42 Å². The Bertz CT molecular complexity index is 391. The monoisotopic (exact) mass is 220 g/mol. The number of hydrogen-bond acceptors (Lipinski definition) is 1. The van der Waals surface area contributed by atoms with Gasteiger partial charge in [0.25, 0.3) is 0 Å². The van der Waals surface area contributed by atoms with E-state index in [-0.39, 0.29) is 17.0 Å². The number of halogens is 3. The van der Waals surface area contributed by atoms with Crippen LogP contribution < -0.4 is 0 Å². The molecule has 5 heteroatoms. The highest BCUT2D eigenvalue weighted by molar-refractivity contribution is 6.31. The number of carboxylic acids is 1. The Labute approximate surface area is 84.1 Å². The van der Waals surface area contributed by atoms with Gasteiger partial charge in [-0.3, -0.25) is 0 Å². The van der Waals surface area contributed by atoms with Gasteiger partial charge in [0.15, 0.2) is 0 Å². The molecule has 0 atom stereocenters. The number of benzene rings is 1. The van der Waals surface area contributed by atoms with Gasteiger partial charge in [-0.25, -0.2) is 13.6 Å². The molecule has 0 aliphatic heterocycles. The maximum atomic E-state index is 13.3. The van der Waals surface area contributed by atoms with E-state index in [1.54, 1.807) is 6.92 Å². The van der Waals surface area contributed by atoms with Crippen molar-refractivity contribution in [3.8, 4) is 0 Å². The SMILES string of the molecule is CCc1c(F)c(C(=O)O)cc(F)c1Cl. The summed E-state index contributed by atoms with van der Waals surface area (Å²) >= 11 is 5.47. The molecule has 0 saturated heterocycles. The third-order valence-electron chi connectivity index (χ3n) is 1.83. The van der Waals surface area contributed by atoms with Crippen LogP contribution in [0, 0.1) is 11.6 Å². The Hall–Kier alpha value is -1.16. The first kappa shape index (κ1) is 10.9. The van der Waals surface area contributed by atoms with Crippen LogP contribution in [0.3, 0.4) is 0 Å². The van der Waals surface area contributed by atoms with Crippen molar-refractivity contribution in [3.63, 3.8) is 0 Å². The van der Waals surface area contributed by atoms with Crippen LogP contribution in [0.15, 0.2) is 6.07 Å². The van der Waals surface area contributed by atoms with Crippen LogP contribution >= 0.6 is 11.6 Å². The van der Waals surface area contributed by atoms with Crippen molar-refractivity contribution in [3.05, 3.63) is 33.9 Å². The summed E-state index contributed by atoms with van der Waals surface area (Å²) in [7, 11) is 0. The molecule has 0 bridgehead atoms. The standard InChI is InChI=1S/C9H7ClF2O2/c1-2-4-7(10)6(11)3-5(8(4)12)9(13)14/h3H,2H2,1H3,(H,13,14). The maximum absolute atomic E-state index is 13.3. The van der Waals surface area contributed by atoms with Crippen molar-refractivity contribution in [2.75, 3.05) is 0 Å². The Balaban J connectivity index is 3.50. The van der Waals surface area contributed by atoms with Crippen molar-refractivity contribution in [2.24, 2.45) is 0 Å². The molecule has 14 heavy (non-hydrogen) atoms. The van der Waals surface area contributed by atoms with Crippen LogP contribution in [0.1, 0.15) is 22.8 Å². The van der Waals surface area contributed by atoms with Gasteiger partial charge in [0, 0.05) is 5.56 Å². The molecule has 0 aliphatic rings. The van der Waals surface area contributed by atoms with E-state index in [4.69, 9.17) is 16.7 Å². The molecule has 1 aromatic carbocycles. The van der Waals surface area contributed by atoms with Gasteiger partial charge in [0.1, 0.15) is 11.6 Å². The molecule has 2 nitrogen and oxygen atoms in total. The molecule has 0 heterocycles. The van der Waals surface area contributed by atoms with E-state index in [9.17, 15) is 13.6 Å². The van der Waals surface area contributed by atoms with Gasteiger partial charge < -0.3 is 5.11 Å². The summed E-state index contributed by atoms with van der Waals surface area (Å²) in [5.41, 5.74) is -0.798. The molecular weight excluding hydrogens is 214 g/mol. The molecule has 1 rings (SSSR count). The second-order valence-electron chi connectivity index (χ2n) is 2.67. The van der Waals surface area contributed by atoms with E-state index in [1.807, 2.05) is 0 Å². The van der Waals surface area contributed by atoms with Gasteiger partial charge in [-0.1, -0.05) is 18.5 Å². The molecule has 0 aromatic heterocycles. The minimum Gasteiger partial charge on any atom is -0.478 e. The lowest BCUT2D eigenvalue weighted by Gasteiger charge is -2.06. The molecular formula is C9H7ClF2O2. The summed E-state index contributed by atoms with van der Waals surface area (Å²) in [5, 5.41) is 8.20. The molecule has 0 amide bonds. The first-order chi connectivity index (χ1) is 6.49. The first-order valence-electron chi connectivity index (χ1n) is 3.88. The van der Waals surface area contributed by atoms with E-state index in [2.05, 4.69) is 0 Å². The van der Waals surface area contributed by atoms with Crippen LogP contribution in [0.2, 0.25) is 5.02 Å². The van der Waals surface area contributed by atoms with Gasteiger partial charge in [0.2, 0.25) is 0 Å². The predicted molar refractivity (Wildman–Crippen MR) is 47.7 cm³/mol. The second-order valence-corrected chi connectivity index (χ2v) is 3.05. The Kier molecular flexibility index (Phi) is 3.06. The molecule has 1 aromatic rings. The summed E-state index contributed by atoms with van der Waals surface area (Å²) in [6.07, 6.45) is 0.142. The zero-order valence-electron chi connectivity index (χ0n) is 7.27. The van der Waals surface area contributed by atoms with E-state index < -0.39 is 23.2 Å². The van der Waals surface area contributed by atoms with Crippen molar-refractivity contribution in [1.82, 2.24) is 0 Å². The molecule has 0 radical (unpaired) electrons. The fourth-order valence-electron chi connectivity index (χ4n) is 1.12. The summed E-state index contributed by atoms with van der Waals surface area (Å²) < 4.78 is 26.3. The number of carbonyl (C=O) groups is 1. The summed E-state index contributed by atoms with van der Waals surface area (Å²) in [6, 6.07) is 0.582. The third kappa shape index (κ3) is 1.70.